The second kappa shape index (κ2) is 36.9. The van der Waals surface area contributed by atoms with Crippen molar-refractivity contribution < 1.29 is 80.9 Å². The van der Waals surface area contributed by atoms with Crippen LogP contribution >= 0.6 is 22.7 Å². The summed E-state index contributed by atoms with van der Waals surface area (Å²) in [5.41, 5.74) is 4.80. The fraction of sp³-hybridized carbons (Fsp3) is 0.387. The number of anilines is 2. The fourth-order valence-electron chi connectivity index (χ4n) is 21.1. The predicted molar refractivity (Wildman–Crippen MR) is 533 cm³/mol. The highest BCUT2D eigenvalue weighted by Crippen LogP contribution is 2.58. The van der Waals surface area contributed by atoms with Gasteiger partial charge in [-0.05, 0) is 153 Å². The monoisotopic (exact) mass is 1920 g/mol. The third-order valence-electron chi connectivity index (χ3n) is 28.7. The Kier molecular flexibility index (Phi) is 24.2. The molecular formula is C111H112N10O17S2. The van der Waals surface area contributed by atoms with Gasteiger partial charge in [0.05, 0.1) is 118 Å². The number of carbonyl (C=O) groups excluding carboxylic acids is 6. The lowest BCUT2D eigenvalue weighted by Gasteiger charge is -2.35. The summed E-state index contributed by atoms with van der Waals surface area (Å²) in [6.07, 6.45) is 7.52. The van der Waals surface area contributed by atoms with Gasteiger partial charge in [-0.1, -0.05) is 128 Å². The van der Waals surface area contributed by atoms with Crippen molar-refractivity contribution in [3.63, 3.8) is 0 Å². The number of hydrogen-bond acceptors (Lipinski definition) is 25. The van der Waals surface area contributed by atoms with E-state index in [2.05, 4.69) is 156 Å². The molecule has 0 aliphatic carbocycles. The van der Waals surface area contributed by atoms with E-state index in [1.807, 2.05) is 47.8 Å². The molecule has 10 aliphatic heterocycles. The number of nitrogens with zero attached hydrogens (tertiary/aromatic N) is 8. The topological polar surface area (TPSA) is 300 Å². The van der Waals surface area contributed by atoms with Gasteiger partial charge in [0.1, 0.15) is 34.5 Å². The summed E-state index contributed by atoms with van der Waals surface area (Å²) in [5.74, 6) is -3.04. The lowest BCUT2D eigenvalue weighted by molar-refractivity contribution is -0.120. The number of ether oxygens (including phenoxy) is 11. The standard InChI is InChI=1S/C111H112N10O17S2/c1-108(2,60-116(44-75-52-128-75)45-76-53-129-76)66-15-13-64(14-16-66)39-65-40-83-93-84(105(125)120(104(83)124)100(90-11-9-37-139-90)102(122)114-70-29-33-112-34-30-70)42-88(137-73-25-19-68(20-26-73)110(5,6)62-118(48-79-56-132-79)49-80-57-133-80)96-97-89(138-74-27-21-69(22-28-74)111(7,8)63-119(50-81-58-134-81)51-82-59-135-82)43-86-94-85(106(126)121(107(86)127)101(91-12-10-38-140-91)103(123)115-71-31-35-113-36-32-71)41-87(95(99(94)97)92(65)98(93)96)136-72-23-17-67(18-24-72)109(3,4)61-117(46-77-54-130-77)47-78-55-131-78/h9-38,40-43,75-82,100-101H,39,44-63H2,1-8H3,(H,112,114,122)(H,113,115,123). The van der Waals surface area contributed by atoms with Crippen LogP contribution in [0.25, 0.3) is 43.1 Å². The summed E-state index contributed by atoms with van der Waals surface area (Å²) in [5, 5.41) is 12.4. The number of imide groups is 2. The van der Waals surface area contributed by atoms with Gasteiger partial charge in [0, 0.05) is 189 Å². The molecule has 0 radical (unpaired) electrons. The minimum atomic E-state index is -1.55. The molecule has 13 aromatic rings. The smallest absolute Gasteiger partial charge is 0.262 e. The van der Waals surface area contributed by atoms with Crippen LogP contribution in [0.3, 0.4) is 0 Å². The van der Waals surface area contributed by atoms with Gasteiger partial charge in [0.2, 0.25) is 0 Å². The quantitative estimate of drug-likeness (QED) is 0.0155. The van der Waals surface area contributed by atoms with Crippen molar-refractivity contribution in [2.75, 3.05) is 142 Å². The molecule has 10 atom stereocenters. The van der Waals surface area contributed by atoms with Gasteiger partial charge < -0.3 is 62.7 Å². The maximum atomic E-state index is 17.3. The van der Waals surface area contributed by atoms with Crippen LogP contribution in [0.1, 0.15) is 152 Å². The highest BCUT2D eigenvalue weighted by molar-refractivity contribution is 7.10. The number of amides is 6. The number of rotatable bonds is 44. The van der Waals surface area contributed by atoms with Gasteiger partial charge in [0.15, 0.2) is 12.1 Å². The van der Waals surface area contributed by atoms with Gasteiger partial charge in [-0.2, -0.15) is 0 Å². The largest absolute Gasteiger partial charge is 0.457 e. The number of nitrogens with one attached hydrogen (secondary N) is 2. The predicted octanol–water partition coefficient (Wildman–Crippen LogP) is 17.1. The van der Waals surface area contributed by atoms with Gasteiger partial charge >= 0.3 is 0 Å². The summed E-state index contributed by atoms with van der Waals surface area (Å²) in [4.78, 5) is 122. The average molecular weight is 1920 g/mol. The number of epoxide rings is 8. The molecule has 10 aliphatic rings. The molecule has 0 saturated carbocycles. The van der Waals surface area contributed by atoms with E-state index >= 15 is 28.8 Å². The van der Waals surface area contributed by atoms with E-state index in [0.29, 0.717) is 136 Å². The Morgan fingerprint density at radius 3 is 0.893 bits per heavy atom. The Morgan fingerprint density at radius 1 is 0.357 bits per heavy atom. The van der Waals surface area contributed by atoms with Crippen molar-refractivity contribution in [1.82, 2.24) is 39.4 Å². The van der Waals surface area contributed by atoms with E-state index in [4.69, 9.17) is 52.1 Å². The van der Waals surface area contributed by atoms with E-state index in [0.717, 1.165) is 110 Å². The number of fused-ring (bicyclic) bond motifs is 2. The zero-order valence-electron chi connectivity index (χ0n) is 79.6. The van der Waals surface area contributed by atoms with Crippen molar-refractivity contribution >= 4 is 113 Å². The highest BCUT2D eigenvalue weighted by atomic mass is 32.1. The van der Waals surface area contributed by atoms with E-state index in [1.165, 1.54) is 22.7 Å². The van der Waals surface area contributed by atoms with Crippen molar-refractivity contribution in [2.45, 2.75) is 144 Å². The first-order valence-electron chi connectivity index (χ1n) is 48.6. The average Bonchev–Trinajstić information content (AvgIpc) is 0.766. The first-order valence-corrected chi connectivity index (χ1v) is 50.3. The van der Waals surface area contributed by atoms with E-state index in [1.54, 1.807) is 96.9 Å². The third kappa shape index (κ3) is 19.5. The lowest BCUT2D eigenvalue weighted by atomic mass is 9.78. The Labute approximate surface area is 819 Å². The summed E-state index contributed by atoms with van der Waals surface area (Å²) in [6.45, 7) is 32.5. The molecular weight excluding hydrogens is 1810 g/mol. The van der Waals surface area contributed by atoms with Crippen LogP contribution in [0.4, 0.5) is 11.4 Å². The maximum absolute atomic E-state index is 17.3. The number of carbonyl (C=O) groups is 6. The van der Waals surface area contributed by atoms with Crippen molar-refractivity contribution in [3.8, 4) is 34.5 Å². The molecule has 2 N–H and O–H groups in total. The highest BCUT2D eigenvalue weighted by Gasteiger charge is 2.50. The van der Waals surface area contributed by atoms with Crippen LogP contribution < -0.4 is 24.8 Å². The van der Waals surface area contributed by atoms with Gasteiger partial charge in [-0.15, -0.1) is 22.7 Å². The molecule has 10 unspecified atom stereocenters. The zero-order chi connectivity index (χ0) is 95.8. The molecule has 8 saturated heterocycles. The first kappa shape index (κ1) is 91.9. The summed E-state index contributed by atoms with van der Waals surface area (Å²) >= 11 is 2.46. The molecule has 14 heterocycles. The molecule has 0 bridgehead atoms. The maximum Gasteiger partial charge on any atom is 0.262 e. The minimum Gasteiger partial charge on any atom is -0.457 e. The molecule has 9 aromatic carbocycles. The number of hydrogen-bond donors (Lipinski definition) is 2. The minimum absolute atomic E-state index is 0.0135. The fourth-order valence-corrected chi connectivity index (χ4v) is 22.8. The Bertz CT molecular complexity index is 6120. The Hall–Kier alpha value is -11.9. The van der Waals surface area contributed by atoms with Crippen LogP contribution in [-0.4, -0.2) is 255 Å². The van der Waals surface area contributed by atoms with Crippen molar-refractivity contribution in [1.29, 1.82) is 0 Å². The molecule has 720 valence electrons. The van der Waals surface area contributed by atoms with E-state index < -0.39 is 63.8 Å². The third-order valence-corrected chi connectivity index (χ3v) is 30.6. The van der Waals surface area contributed by atoms with Gasteiger partial charge in [-0.25, -0.2) is 0 Å². The Balaban J connectivity index is 0.780. The zero-order valence-corrected chi connectivity index (χ0v) is 81.2. The lowest BCUT2D eigenvalue weighted by Crippen LogP contribution is -2.47. The molecule has 27 nitrogen and oxygen atoms in total. The summed E-state index contributed by atoms with van der Waals surface area (Å²) in [6, 6.07) is 49.9. The molecule has 4 aromatic heterocycles. The second-order valence-electron chi connectivity index (χ2n) is 41.8. The van der Waals surface area contributed by atoms with E-state index in [9.17, 15) is 0 Å². The number of thiophene rings is 2. The molecule has 6 amide bonds. The van der Waals surface area contributed by atoms with Crippen molar-refractivity contribution in [3.05, 3.63) is 271 Å². The molecule has 29 heteroatoms. The van der Waals surface area contributed by atoms with Crippen LogP contribution in [0, 0.1) is 0 Å². The van der Waals surface area contributed by atoms with Crippen molar-refractivity contribution in [2.24, 2.45) is 0 Å². The first-order chi connectivity index (χ1) is 67.7. The second-order valence-corrected chi connectivity index (χ2v) is 43.8. The van der Waals surface area contributed by atoms with Crippen LogP contribution in [0.5, 0.6) is 34.5 Å². The van der Waals surface area contributed by atoms with Crippen LogP contribution in [-0.2, 0) is 75.6 Å². The molecule has 8 fully saturated rings. The number of pyridine rings is 2. The van der Waals surface area contributed by atoms with Gasteiger partial charge in [0.25, 0.3) is 35.4 Å². The van der Waals surface area contributed by atoms with Crippen LogP contribution in [0.15, 0.2) is 205 Å². The number of aromatic nitrogens is 2. The summed E-state index contributed by atoms with van der Waals surface area (Å²) in [7, 11) is 0. The molecule has 23 rings (SSSR count). The SMILES string of the molecule is CC(C)(CN(CC1CO1)CC1CO1)c1ccc(Cc2cc3c4c(cc(Oc5ccc(C(C)(C)CN(CC6CO6)CC6CO6)cc5)c5c6c(Oc7ccc(C(C)(C)CN(CC8CO8)CC8CO8)cc7)cc7c8c(cc(Oc9ccc(C(C)(C)CN(CC%10CO%10)CC%10CO%10)cc9)c(c2c45)c86)C(=O)N(C(C(=O)Nc2ccncc2)c2cccs2)C7=O)C(=O)N(C(C(=O)Nc2ccncc2)c2cccs2)C3=O)cc1. The number of benzene rings is 9. The molecule has 0 spiro atoms. The van der Waals surface area contributed by atoms with Gasteiger partial charge in [-0.3, -0.25) is 68.1 Å². The normalized spacial score (nSPS) is 21.1. The van der Waals surface area contributed by atoms with E-state index in [-0.39, 0.29) is 111 Å². The Morgan fingerprint density at radius 2 is 0.621 bits per heavy atom. The summed E-state index contributed by atoms with van der Waals surface area (Å²) < 4.78 is 69.7. The van der Waals surface area contributed by atoms with Crippen LogP contribution in [0.2, 0.25) is 0 Å². The molecule has 140 heavy (non-hydrogen) atoms.